The molecule has 1 saturated heterocycles. The number of aromatic nitrogens is 2. The monoisotopic (exact) mass is 444 g/mol. The molecule has 2 aromatic rings. The van der Waals surface area contributed by atoms with E-state index in [1.54, 1.807) is 0 Å². The van der Waals surface area contributed by atoms with E-state index in [1.807, 2.05) is 16.2 Å². The number of fused-ring (bicyclic) bond motifs is 3. The minimum atomic E-state index is 0.0696. The molecule has 0 radical (unpaired) electrons. The zero-order valence-corrected chi connectivity index (χ0v) is 20.1. The van der Waals surface area contributed by atoms with Gasteiger partial charge in [-0.25, -0.2) is 14.8 Å². The van der Waals surface area contributed by atoms with Gasteiger partial charge in [-0.3, -0.25) is 4.90 Å². The van der Waals surface area contributed by atoms with Gasteiger partial charge in [-0.2, -0.15) is 0 Å². The van der Waals surface area contributed by atoms with E-state index in [9.17, 15) is 4.79 Å². The first kappa shape index (κ1) is 22.3. The van der Waals surface area contributed by atoms with Gasteiger partial charge < -0.3 is 15.1 Å². The predicted octanol–water partition coefficient (Wildman–Crippen LogP) is 3.65. The molecule has 2 aromatic heterocycles. The highest BCUT2D eigenvalue weighted by atomic mass is 32.1. The molecule has 4 rings (SSSR count). The highest BCUT2D eigenvalue weighted by molar-refractivity contribution is 7.19. The van der Waals surface area contributed by atoms with Crippen molar-refractivity contribution in [2.24, 2.45) is 0 Å². The zero-order chi connectivity index (χ0) is 21.8. The zero-order valence-electron chi connectivity index (χ0n) is 19.2. The second-order valence-electron chi connectivity index (χ2n) is 8.58. The number of piperazine rings is 1. The Labute approximate surface area is 189 Å². The van der Waals surface area contributed by atoms with Gasteiger partial charge in [0.05, 0.1) is 5.39 Å². The molecule has 1 fully saturated rings. The van der Waals surface area contributed by atoms with Crippen LogP contribution in [0.3, 0.4) is 0 Å². The molecule has 2 aliphatic heterocycles. The van der Waals surface area contributed by atoms with E-state index in [2.05, 4.69) is 35.9 Å². The van der Waals surface area contributed by atoms with Crippen LogP contribution in [0.25, 0.3) is 10.2 Å². The molecule has 0 saturated carbocycles. The van der Waals surface area contributed by atoms with Gasteiger partial charge in [0, 0.05) is 57.1 Å². The van der Waals surface area contributed by atoms with E-state index in [-0.39, 0.29) is 6.03 Å². The Bertz CT molecular complexity index is 905. The van der Waals surface area contributed by atoms with Crippen molar-refractivity contribution in [1.82, 2.24) is 25.1 Å². The van der Waals surface area contributed by atoms with Gasteiger partial charge in [-0.05, 0) is 31.4 Å². The Morgan fingerprint density at radius 2 is 1.87 bits per heavy atom. The highest BCUT2D eigenvalue weighted by Gasteiger charge is 2.28. The quantitative estimate of drug-likeness (QED) is 0.661. The lowest BCUT2D eigenvalue weighted by molar-refractivity contribution is 0.194. The highest BCUT2D eigenvalue weighted by Crippen LogP contribution is 2.39. The minimum absolute atomic E-state index is 0.0696. The number of carbonyl (C=O) groups is 1. The first-order valence-corrected chi connectivity index (χ1v) is 12.8. The second kappa shape index (κ2) is 10.1. The lowest BCUT2D eigenvalue weighted by Gasteiger charge is -2.36. The van der Waals surface area contributed by atoms with Crippen LogP contribution in [-0.2, 0) is 19.4 Å². The Hall–Kier alpha value is -1.93. The van der Waals surface area contributed by atoms with Crippen LogP contribution in [0.15, 0.2) is 0 Å². The Balaban J connectivity index is 1.57. The van der Waals surface area contributed by atoms with Crippen LogP contribution in [0.5, 0.6) is 0 Å². The number of urea groups is 1. The third-order valence-electron chi connectivity index (χ3n) is 6.40. The van der Waals surface area contributed by atoms with Crippen LogP contribution >= 0.6 is 11.3 Å². The van der Waals surface area contributed by atoms with Crippen molar-refractivity contribution >= 4 is 33.4 Å². The Kier molecular flexibility index (Phi) is 7.27. The van der Waals surface area contributed by atoms with Crippen LogP contribution in [0.2, 0.25) is 0 Å². The Morgan fingerprint density at radius 3 is 2.58 bits per heavy atom. The molecule has 170 valence electrons. The normalized spacial score (nSPS) is 17.3. The summed E-state index contributed by atoms with van der Waals surface area (Å²) >= 11 is 1.86. The summed E-state index contributed by atoms with van der Waals surface area (Å²) in [4.78, 5) is 31.9. The van der Waals surface area contributed by atoms with E-state index >= 15 is 0 Å². The molecule has 1 N–H and O–H groups in total. The van der Waals surface area contributed by atoms with E-state index in [1.165, 1.54) is 15.8 Å². The maximum Gasteiger partial charge on any atom is 0.317 e. The van der Waals surface area contributed by atoms with Gasteiger partial charge in [0.25, 0.3) is 0 Å². The largest absolute Gasteiger partial charge is 0.352 e. The number of nitrogens with zero attached hydrogens (tertiary/aromatic N) is 5. The average molecular weight is 445 g/mol. The molecule has 0 atom stereocenters. The summed E-state index contributed by atoms with van der Waals surface area (Å²) in [5, 5.41) is 4.32. The smallest absolute Gasteiger partial charge is 0.317 e. The van der Waals surface area contributed by atoms with Crippen LogP contribution in [0.4, 0.5) is 10.6 Å². The SMILES string of the molecule is CCCCNC(=O)N1CCN(c2nc(CCC)nc3sc4c(c23)CCN(CC)C4)CC1. The molecule has 7 nitrogen and oxygen atoms in total. The predicted molar refractivity (Wildman–Crippen MR) is 128 cm³/mol. The maximum atomic E-state index is 12.4. The number of nitrogens with one attached hydrogen (secondary N) is 1. The Morgan fingerprint density at radius 1 is 1.06 bits per heavy atom. The van der Waals surface area contributed by atoms with Gasteiger partial charge in [-0.15, -0.1) is 11.3 Å². The molecule has 0 unspecified atom stereocenters. The molecular weight excluding hydrogens is 408 g/mol. The van der Waals surface area contributed by atoms with Gasteiger partial charge in [0.2, 0.25) is 0 Å². The number of carbonyl (C=O) groups excluding carboxylic acids is 1. The fourth-order valence-electron chi connectivity index (χ4n) is 4.51. The van der Waals surface area contributed by atoms with Crippen LogP contribution in [-0.4, -0.2) is 71.6 Å². The van der Waals surface area contributed by atoms with Gasteiger partial charge in [0.1, 0.15) is 16.5 Å². The average Bonchev–Trinajstić information content (AvgIpc) is 3.16. The van der Waals surface area contributed by atoms with E-state index in [0.717, 1.165) is 101 Å². The fourth-order valence-corrected chi connectivity index (χ4v) is 5.79. The third-order valence-corrected chi connectivity index (χ3v) is 7.51. The molecule has 0 aliphatic carbocycles. The molecule has 8 heteroatoms. The van der Waals surface area contributed by atoms with E-state index in [4.69, 9.17) is 9.97 Å². The van der Waals surface area contributed by atoms with Crippen molar-refractivity contribution in [3.8, 4) is 0 Å². The summed E-state index contributed by atoms with van der Waals surface area (Å²) < 4.78 is 0. The number of anilines is 1. The summed E-state index contributed by atoms with van der Waals surface area (Å²) in [7, 11) is 0. The first-order valence-electron chi connectivity index (χ1n) is 12.0. The van der Waals surface area contributed by atoms with Crippen LogP contribution in [0.1, 0.15) is 56.3 Å². The van der Waals surface area contributed by atoms with Crippen molar-refractivity contribution in [1.29, 1.82) is 0 Å². The van der Waals surface area contributed by atoms with Crippen LogP contribution in [0, 0.1) is 0 Å². The van der Waals surface area contributed by atoms with Crippen molar-refractivity contribution < 1.29 is 4.79 Å². The number of likely N-dealkylation sites (N-methyl/N-ethyl adjacent to an activating group) is 1. The summed E-state index contributed by atoms with van der Waals surface area (Å²) in [6, 6.07) is 0.0696. The van der Waals surface area contributed by atoms with E-state index in [0.29, 0.717) is 0 Å². The van der Waals surface area contributed by atoms with Gasteiger partial charge >= 0.3 is 6.03 Å². The van der Waals surface area contributed by atoms with Gasteiger partial charge in [0.15, 0.2) is 0 Å². The summed E-state index contributed by atoms with van der Waals surface area (Å²) in [5.74, 6) is 2.05. The van der Waals surface area contributed by atoms with E-state index < -0.39 is 0 Å². The van der Waals surface area contributed by atoms with Crippen LogP contribution < -0.4 is 10.2 Å². The third kappa shape index (κ3) is 4.80. The van der Waals surface area contributed by atoms with Crippen molar-refractivity contribution in [2.45, 2.75) is 59.4 Å². The molecule has 4 heterocycles. The number of hydrogen-bond acceptors (Lipinski definition) is 6. The standard InChI is InChI=1S/C23H36N6OS/c1-4-7-10-24-23(30)29-14-12-28(13-15-29)21-20-17-9-11-27(6-3)16-18(17)31-22(20)26-19(25-21)8-5-2/h4-16H2,1-3H3,(H,24,30). The molecule has 2 aliphatic rings. The lowest BCUT2D eigenvalue weighted by Crippen LogP contribution is -2.52. The minimum Gasteiger partial charge on any atom is -0.352 e. The molecule has 31 heavy (non-hydrogen) atoms. The first-order chi connectivity index (χ1) is 15.1. The summed E-state index contributed by atoms with van der Waals surface area (Å²) in [6.45, 7) is 13.7. The number of unbranched alkanes of at least 4 members (excludes halogenated alkanes) is 1. The van der Waals surface area contributed by atoms with Gasteiger partial charge in [-0.1, -0.05) is 27.2 Å². The van der Waals surface area contributed by atoms with Crippen molar-refractivity contribution in [3.63, 3.8) is 0 Å². The topological polar surface area (TPSA) is 64.6 Å². The molecule has 0 aromatic carbocycles. The number of rotatable bonds is 7. The molecule has 2 amide bonds. The molecule has 0 spiro atoms. The number of aryl methyl sites for hydroxylation is 1. The number of thiophene rings is 1. The maximum absolute atomic E-state index is 12.4. The summed E-state index contributed by atoms with van der Waals surface area (Å²) in [6.07, 6.45) is 5.16. The van der Waals surface area contributed by atoms with Crippen molar-refractivity contribution in [2.75, 3.05) is 50.7 Å². The molecular formula is C23H36N6OS. The lowest BCUT2D eigenvalue weighted by atomic mass is 10.0. The number of amides is 2. The fraction of sp³-hybridized carbons (Fsp3) is 0.696. The van der Waals surface area contributed by atoms with Crippen molar-refractivity contribution in [3.05, 3.63) is 16.3 Å². The second-order valence-corrected chi connectivity index (χ2v) is 9.66. The summed E-state index contributed by atoms with van der Waals surface area (Å²) in [5.41, 5.74) is 1.46. The molecule has 0 bridgehead atoms. The number of hydrogen-bond donors (Lipinski definition) is 1.